The summed E-state index contributed by atoms with van der Waals surface area (Å²) in [4.78, 5) is 19.6. The van der Waals surface area contributed by atoms with Gasteiger partial charge in [0.05, 0.1) is 22.3 Å². The van der Waals surface area contributed by atoms with E-state index in [0.29, 0.717) is 18.8 Å². The molecule has 0 unspecified atom stereocenters. The first-order valence-corrected chi connectivity index (χ1v) is 10.3. The molecule has 140 valence electrons. The van der Waals surface area contributed by atoms with E-state index in [1.807, 2.05) is 35.2 Å². The van der Waals surface area contributed by atoms with E-state index in [0.717, 1.165) is 42.8 Å². The molecule has 4 nitrogen and oxygen atoms in total. The standard InChI is InChI=1S/C22H24N2O2S/c1-26-19-10-4-2-7-16(19)12-13-21(25)24-14-6-8-17(15-24)22-23-18-9-3-5-11-20(18)27-22/h2-5,7,9-11,17H,6,8,12-15H2,1H3/t17-/m0/s1. The Balaban J connectivity index is 1.40. The number of fused-ring (bicyclic) bond motifs is 1. The first-order chi connectivity index (χ1) is 13.2. The molecule has 0 saturated carbocycles. The predicted molar refractivity (Wildman–Crippen MR) is 109 cm³/mol. The molecule has 0 spiro atoms. The second kappa shape index (κ2) is 8.09. The Morgan fingerprint density at radius 1 is 1.22 bits per heavy atom. The maximum atomic E-state index is 12.8. The van der Waals surface area contributed by atoms with Crippen molar-refractivity contribution in [3.63, 3.8) is 0 Å². The van der Waals surface area contributed by atoms with Crippen LogP contribution in [0.5, 0.6) is 5.75 Å². The quantitative estimate of drug-likeness (QED) is 0.647. The van der Waals surface area contributed by atoms with Crippen molar-refractivity contribution in [2.75, 3.05) is 20.2 Å². The van der Waals surface area contributed by atoms with Crippen LogP contribution in [-0.4, -0.2) is 36.0 Å². The third-order valence-electron chi connectivity index (χ3n) is 5.23. The monoisotopic (exact) mass is 380 g/mol. The Morgan fingerprint density at radius 2 is 2.04 bits per heavy atom. The molecule has 0 radical (unpaired) electrons. The fourth-order valence-electron chi connectivity index (χ4n) is 3.78. The first kappa shape index (κ1) is 18.0. The van der Waals surface area contributed by atoms with Crippen LogP contribution in [0.4, 0.5) is 0 Å². The Labute approximate surface area is 163 Å². The van der Waals surface area contributed by atoms with Gasteiger partial charge in [0.2, 0.25) is 5.91 Å². The van der Waals surface area contributed by atoms with Gasteiger partial charge in [0.25, 0.3) is 0 Å². The summed E-state index contributed by atoms with van der Waals surface area (Å²) in [6.07, 6.45) is 3.38. The number of aromatic nitrogens is 1. The lowest BCUT2D eigenvalue weighted by molar-refractivity contribution is -0.132. The van der Waals surface area contributed by atoms with Gasteiger partial charge in [0, 0.05) is 25.4 Å². The minimum Gasteiger partial charge on any atom is -0.496 e. The van der Waals surface area contributed by atoms with E-state index in [1.54, 1.807) is 18.4 Å². The van der Waals surface area contributed by atoms with Gasteiger partial charge < -0.3 is 9.64 Å². The van der Waals surface area contributed by atoms with Crippen molar-refractivity contribution in [1.82, 2.24) is 9.88 Å². The van der Waals surface area contributed by atoms with Crippen LogP contribution >= 0.6 is 11.3 Å². The molecular formula is C22H24N2O2S. The maximum absolute atomic E-state index is 12.8. The van der Waals surface area contributed by atoms with Crippen LogP contribution in [0.2, 0.25) is 0 Å². The zero-order chi connectivity index (χ0) is 18.6. The summed E-state index contributed by atoms with van der Waals surface area (Å²) in [6.45, 7) is 1.64. The minimum absolute atomic E-state index is 0.228. The van der Waals surface area contributed by atoms with E-state index >= 15 is 0 Å². The third kappa shape index (κ3) is 3.98. The number of para-hydroxylation sites is 2. The highest BCUT2D eigenvalue weighted by Gasteiger charge is 2.26. The summed E-state index contributed by atoms with van der Waals surface area (Å²) in [5.41, 5.74) is 2.16. The predicted octanol–water partition coefficient (Wildman–Crippen LogP) is 4.64. The van der Waals surface area contributed by atoms with Crippen molar-refractivity contribution in [2.24, 2.45) is 0 Å². The van der Waals surface area contributed by atoms with Gasteiger partial charge in [-0.3, -0.25) is 4.79 Å². The van der Waals surface area contributed by atoms with Gasteiger partial charge in [0.1, 0.15) is 5.75 Å². The normalized spacial score (nSPS) is 17.2. The first-order valence-electron chi connectivity index (χ1n) is 9.49. The Hall–Kier alpha value is -2.40. The molecule has 5 heteroatoms. The highest BCUT2D eigenvalue weighted by molar-refractivity contribution is 7.18. The van der Waals surface area contributed by atoms with Crippen molar-refractivity contribution >= 4 is 27.5 Å². The molecule has 1 amide bonds. The number of hydrogen-bond donors (Lipinski definition) is 0. The summed E-state index contributed by atoms with van der Waals surface area (Å²) >= 11 is 1.77. The van der Waals surface area contributed by atoms with Gasteiger partial charge in [-0.15, -0.1) is 11.3 Å². The van der Waals surface area contributed by atoms with Crippen LogP contribution in [0.25, 0.3) is 10.2 Å². The van der Waals surface area contributed by atoms with E-state index in [1.165, 1.54) is 9.71 Å². The van der Waals surface area contributed by atoms with Gasteiger partial charge in [-0.05, 0) is 43.0 Å². The summed E-state index contributed by atoms with van der Waals surface area (Å²) in [7, 11) is 1.67. The fraction of sp³-hybridized carbons (Fsp3) is 0.364. The van der Waals surface area contributed by atoms with Crippen LogP contribution in [0, 0.1) is 0 Å². The minimum atomic E-state index is 0.228. The number of amides is 1. The molecule has 2 aromatic carbocycles. The van der Waals surface area contributed by atoms with E-state index < -0.39 is 0 Å². The van der Waals surface area contributed by atoms with E-state index in [2.05, 4.69) is 18.2 Å². The van der Waals surface area contributed by atoms with E-state index in [9.17, 15) is 4.79 Å². The second-order valence-electron chi connectivity index (χ2n) is 7.01. The number of ether oxygens (including phenoxy) is 1. The third-order valence-corrected chi connectivity index (χ3v) is 6.43. The number of rotatable bonds is 5. The van der Waals surface area contributed by atoms with Crippen molar-refractivity contribution < 1.29 is 9.53 Å². The molecule has 27 heavy (non-hydrogen) atoms. The Kier molecular flexibility index (Phi) is 5.39. The lowest BCUT2D eigenvalue weighted by Crippen LogP contribution is -2.39. The van der Waals surface area contributed by atoms with Gasteiger partial charge in [-0.2, -0.15) is 0 Å². The van der Waals surface area contributed by atoms with Crippen LogP contribution in [0.15, 0.2) is 48.5 Å². The van der Waals surface area contributed by atoms with Gasteiger partial charge in [-0.25, -0.2) is 4.98 Å². The smallest absolute Gasteiger partial charge is 0.222 e. The average molecular weight is 381 g/mol. The summed E-state index contributed by atoms with van der Waals surface area (Å²) < 4.78 is 6.62. The zero-order valence-electron chi connectivity index (χ0n) is 15.6. The van der Waals surface area contributed by atoms with Gasteiger partial charge in [0.15, 0.2) is 0 Å². The number of nitrogens with zero attached hydrogens (tertiary/aromatic N) is 2. The number of methoxy groups -OCH3 is 1. The Morgan fingerprint density at radius 3 is 2.89 bits per heavy atom. The van der Waals surface area contributed by atoms with Crippen molar-refractivity contribution in [3.8, 4) is 5.75 Å². The number of benzene rings is 2. The van der Waals surface area contributed by atoms with Crippen LogP contribution in [-0.2, 0) is 11.2 Å². The highest BCUT2D eigenvalue weighted by atomic mass is 32.1. The molecule has 1 aliphatic rings. The van der Waals surface area contributed by atoms with Crippen LogP contribution in [0.1, 0.15) is 35.8 Å². The number of carbonyl (C=O) groups excluding carboxylic acids is 1. The molecule has 3 aromatic rings. The average Bonchev–Trinajstić information content (AvgIpc) is 3.16. The molecule has 1 aromatic heterocycles. The molecule has 4 rings (SSSR count). The molecule has 0 bridgehead atoms. The second-order valence-corrected chi connectivity index (χ2v) is 8.07. The Bertz CT molecular complexity index is 904. The number of aryl methyl sites for hydroxylation is 1. The summed E-state index contributed by atoms with van der Waals surface area (Å²) in [5.74, 6) is 1.44. The zero-order valence-corrected chi connectivity index (χ0v) is 16.4. The van der Waals surface area contributed by atoms with Crippen molar-refractivity contribution in [3.05, 3.63) is 59.1 Å². The fourth-order valence-corrected chi connectivity index (χ4v) is 4.87. The van der Waals surface area contributed by atoms with Crippen molar-refractivity contribution in [2.45, 2.75) is 31.6 Å². The van der Waals surface area contributed by atoms with Gasteiger partial charge >= 0.3 is 0 Å². The molecule has 1 fully saturated rings. The molecule has 1 atom stereocenters. The lowest BCUT2D eigenvalue weighted by atomic mass is 9.98. The highest BCUT2D eigenvalue weighted by Crippen LogP contribution is 2.33. The SMILES string of the molecule is COc1ccccc1CCC(=O)N1CCC[C@H](c2nc3ccccc3s2)C1. The van der Waals surface area contributed by atoms with Gasteiger partial charge in [-0.1, -0.05) is 30.3 Å². The number of piperidine rings is 1. The summed E-state index contributed by atoms with van der Waals surface area (Å²) in [6, 6.07) is 16.2. The molecule has 1 aliphatic heterocycles. The van der Waals surface area contributed by atoms with E-state index in [4.69, 9.17) is 9.72 Å². The summed E-state index contributed by atoms with van der Waals surface area (Å²) in [5, 5.41) is 1.17. The van der Waals surface area contributed by atoms with Crippen molar-refractivity contribution in [1.29, 1.82) is 0 Å². The van der Waals surface area contributed by atoms with Crippen LogP contribution in [0.3, 0.4) is 0 Å². The number of carbonyl (C=O) groups is 1. The molecule has 2 heterocycles. The number of hydrogen-bond acceptors (Lipinski definition) is 4. The molecule has 0 aliphatic carbocycles. The molecule has 0 N–H and O–H groups in total. The van der Waals surface area contributed by atoms with Crippen LogP contribution < -0.4 is 4.74 Å². The molecule has 1 saturated heterocycles. The topological polar surface area (TPSA) is 42.4 Å². The lowest BCUT2D eigenvalue weighted by Gasteiger charge is -2.32. The van der Waals surface area contributed by atoms with E-state index in [-0.39, 0.29) is 5.91 Å². The number of likely N-dealkylation sites (tertiary alicyclic amines) is 1. The number of thiazole rings is 1. The maximum Gasteiger partial charge on any atom is 0.222 e. The largest absolute Gasteiger partial charge is 0.496 e. The molecular weight excluding hydrogens is 356 g/mol.